The van der Waals surface area contributed by atoms with E-state index in [1.807, 2.05) is 64.1 Å². The first-order chi connectivity index (χ1) is 15.6. The average molecular weight is 533 g/mol. The van der Waals surface area contributed by atoms with Gasteiger partial charge in [-0.15, -0.1) is 0 Å². The highest BCUT2D eigenvalue weighted by atomic mass is 79.9. The van der Waals surface area contributed by atoms with E-state index < -0.39 is 0 Å². The zero-order chi connectivity index (χ0) is 24.2. The van der Waals surface area contributed by atoms with E-state index in [0.29, 0.717) is 28.8 Å². The van der Waals surface area contributed by atoms with Gasteiger partial charge in [0.1, 0.15) is 12.4 Å². The van der Waals surface area contributed by atoms with Crippen LogP contribution in [0.5, 0.6) is 0 Å². The van der Waals surface area contributed by atoms with Crippen LogP contribution in [0.4, 0.5) is 16.3 Å². The summed E-state index contributed by atoms with van der Waals surface area (Å²) in [6, 6.07) is 16.0. The van der Waals surface area contributed by atoms with Gasteiger partial charge < -0.3 is 15.5 Å². The lowest BCUT2D eigenvalue weighted by Gasteiger charge is -2.21. The predicted octanol–water partition coefficient (Wildman–Crippen LogP) is 6.08. The lowest BCUT2D eigenvalue weighted by atomic mass is 9.92. The Labute approximate surface area is 207 Å². The number of carbonyl (C=O) groups is 2. The first kappa shape index (κ1) is 24.8. The van der Waals surface area contributed by atoms with Crippen molar-refractivity contribution in [3.63, 3.8) is 0 Å². The Bertz CT molecular complexity index is 1160. The molecular weight excluding hydrogens is 506 g/mol. The van der Waals surface area contributed by atoms with Crippen molar-refractivity contribution in [2.45, 2.75) is 33.1 Å². The molecule has 3 amide bonds. The number of halogens is 2. The molecule has 174 valence electrons. The maximum Gasteiger partial charge on any atom is 0.322 e. The van der Waals surface area contributed by atoms with Crippen molar-refractivity contribution < 1.29 is 9.59 Å². The SMILES string of the molecule is CCN(CC(=O)Nc1cc(C(C)(C)C)nn1-c1ccccc1Cl)C(=O)Nc1cccc(Br)c1. The fourth-order valence-electron chi connectivity index (χ4n) is 3.10. The average Bonchev–Trinajstić information content (AvgIpc) is 3.16. The van der Waals surface area contributed by atoms with Crippen molar-refractivity contribution in [2.75, 3.05) is 23.7 Å². The number of hydrogen-bond donors (Lipinski definition) is 2. The number of anilines is 2. The number of nitrogens with zero attached hydrogens (tertiary/aromatic N) is 3. The third-order valence-corrected chi connectivity index (χ3v) is 5.72. The summed E-state index contributed by atoms with van der Waals surface area (Å²) >= 11 is 9.77. The van der Waals surface area contributed by atoms with Gasteiger partial charge in [0.15, 0.2) is 0 Å². The van der Waals surface area contributed by atoms with Crippen LogP contribution in [0.2, 0.25) is 5.02 Å². The van der Waals surface area contributed by atoms with Crippen molar-refractivity contribution in [2.24, 2.45) is 0 Å². The molecule has 0 radical (unpaired) electrons. The number of para-hydroxylation sites is 1. The van der Waals surface area contributed by atoms with Crippen LogP contribution in [0.1, 0.15) is 33.4 Å². The highest BCUT2D eigenvalue weighted by Crippen LogP contribution is 2.29. The normalized spacial score (nSPS) is 11.2. The Hall–Kier alpha value is -2.84. The minimum atomic E-state index is -0.360. The van der Waals surface area contributed by atoms with Crippen molar-refractivity contribution in [1.82, 2.24) is 14.7 Å². The summed E-state index contributed by atoms with van der Waals surface area (Å²) in [4.78, 5) is 27.0. The minimum Gasteiger partial charge on any atom is -0.315 e. The third-order valence-electron chi connectivity index (χ3n) is 4.91. The Morgan fingerprint density at radius 2 is 1.82 bits per heavy atom. The molecule has 0 saturated carbocycles. The number of likely N-dealkylation sites (N-methyl/N-ethyl adjacent to an activating group) is 1. The van der Waals surface area contributed by atoms with Gasteiger partial charge in [0.2, 0.25) is 5.91 Å². The number of carbonyl (C=O) groups excluding carboxylic acids is 2. The molecule has 7 nitrogen and oxygen atoms in total. The number of urea groups is 1. The van der Waals surface area contributed by atoms with Crippen molar-refractivity contribution in [3.8, 4) is 5.69 Å². The molecule has 0 saturated heterocycles. The van der Waals surface area contributed by atoms with Gasteiger partial charge in [0.05, 0.1) is 16.4 Å². The Morgan fingerprint density at radius 1 is 1.09 bits per heavy atom. The van der Waals surface area contributed by atoms with Crippen molar-refractivity contribution in [3.05, 3.63) is 69.8 Å². The molecule has 2 N–H and O–H groups in total. The molecule has 1 aromatic heterocycles. The van der Waals surface area contributed by atoms with Gasteiger partial charge in [-0.05, 0) is 37.3 Å². The van der Waals surface area contributed by atoms with Gasteiger partial charge in [0, 0.05) is 28.2 Å². The molecule has 9 heteroatoms. The summed E-state index contributed by atoms with van der Waals surface area (Å²) in [6.45, 7) is 8.20. The number of hydrogen-bond acceptors (Lipinski definition) is 3. The zero-order valence-corrected chi connectivity index (χ0v) is 21.4. The number of amides is 3. The lowest BCUT2D eigenvalue weighted by Crippen LogP contribution is -2.40. The molecule has 0 aliphatic rings. The Balaban J connectivity index is 1.79. The van der Waals surface area contributed by atoms with Crippen LogP contribution in [-0.2, 0) is 10.2 Å². The molecule has 0 aliphatic carbocycles. The maximum atomic E-state index is 12.9. The molecule has 0 spiro atoms. The minimum absolute atomic E-state index is 0.116. The molecule has 3 aromatic rings. The first-order valence-electron chi connectivity index (χ1n) is 10.5. The largest absolute Gasteiger partial charge is 0.322 e. The van der Waals surface area contributed by atoms with E-state index >= 15 is 0 Å². The fraction of sp³-hybridized carbons (Fsp3) is 0.292. The number of nitrogens with one attached hydrogen (secondary N) is 2. The van der Waals surface area contributed by atoms with E-state index in [9.17, 15) is 9.59 Å². The van der Waals surface area contributed by atoms with Gasteiger partial charge in [-0.1, -0.05) is 66.5 Å². The van der Waals surface area contributed by atoms with Gasteiger partial charge >= 0.3 is 6.03 Å². The molecule has 2 aromatic carbocycles. The van der Waals surface area contributed by atoms with Crippen LogP contribution in [0.3, 0.4) is 0 Å². The van der Waals surface area contributed by atoms with Gasteiger partial charge in [-0.25, -0.2) is 9.48 Å². The fourth-order valence-corrected chi connectivity index (χ4v) is 3.71. The Kier molecular flexibility index (Phi) is 7.81. The van der Waals surface area contributed by atoms with Crippen molar-refractivity contribution in [1.29, 1.82) is 0 Å². The monoisotopic (exact) mass is 531 g/mol. The number of aromatic nitrogens is 2. The molecule has 3 rings (SSSR count). The molecule has 0 aliphatic heterocycles. The molecular formula is C24H27BrClN5O2. The van der Waals surface area contributed by atoms with Crippen LogP contribution in [0.15, 0.2) is 59.1 Å². The first-order valence-corrected chi connectivity index (χ1v) is 11.7. The van der Waals surface area contributed by atoms with E-state index in [2.05, 4.69) is 31.7 Å². The third kappa shape index (κ3) is 6.36. The van der Waals surface area contributed by atoms with E-state index in [-0.39, 0.29) is 23.9 Å². The zero-order valence-electron chi connectivity index (χ0n) is 19.0. The smallest absolute Gasteiger partial charge is 0.315 e. The number of benzene rings is 2. The van der Waals surface area contributed by atoms with Crippen LogP contribution in [-0.4, -0.2) is 39.7 Å². The molecule has 0 unspecified atom stereocenters. The van der Waals surface area contributed by atoms with E-state index in [4.69, 9.17) is 11.6 Å². The summed E-state index contributed by atoms with van der Waals surface area (Å²) in [5, 5.41) is 10.9. The number of rotatable bonds is 6. The molecule has 1 heterocycles. The molecule has 33 heavy (non-hydrogen) atoms. The predicted molar refractivity (Wildman–Crippen MR) is 136 cm³/mol. The Morgan fingerprint density at radius 3 is 2.45 bits per heavy atom. The summed E-state index contributed by atoms with van der Waals surface area (Å²) in [5.74, 6) is 0.149. The van der Waals surface area contributed by atoms with Gasteiger partial charge in [-0.3, -0.25) is 4.79 Å². The second kappa shape index (κ2) is 10.4. The molecule has 0 bridgehead atoms. The van der Waals surface area contributed by atoms with Crippen LogP contribution in [0, 0.1) is 0 Å². The summed E-state index contributed by atoms with van der Waals surface area (Å²) in [7, 11) is 0. The van der Waals surface area contributed by atoms with Gasteiger partial charge in [-0.2, -0.15) is 5.10 Å². The van der Waals surface area contributed by atoms with E-state index in [1.54, 1.807) is 22.9 Å². The topological polar surface area (TPSA) is 79.3 Å². The summed E-state index contributed by atoms with van der Waals surface area (Å²) in [5.41, 5.74) is 1.87. The molecule has 0 atom stereocenters. The standard InChI is InChI=1S/C24H27BrClN5O2/c1-5-30(23(33)27-17-10-8-9-16(25)13-17)15-22(32)28-21-14-20(24(2,3)4)29-31(21)19-12-7-6-11-18(19)26/h6-14H,5,15H2,1-4H3,(H,27,33)(H,28,32). The lowest BCUT2D eigenvalue weighted by molar-refractivity contribution is -0.116. The van der Waals surface area contributed by atoms with E-state index in [0.717, 1.165) is 10.2 Å². The molecule has 0 fully saturated rings. The van der Waals surface area contributed by atoms with Crippen LogP contribution in [0.25, 0.3) is 5.69 Å². The highest BCUT2D eigenvalue weighted by Gasteiger charge is 2.23. The van der Waals surface area contributed by atoms with E-state index in [1.165, 1.54) is 4.90 Å². The van der Waals surface area contributed by atoms with Crippen LogP contribution >= 0.6 is 27.5 Å². The summed E-state index contributed by atoms with van der Waals surface area (Å²) < 4.78 is 2.47. The second-order valence-corrected chi connectivity index (χ2v) is 9.85. The summed E-state index contributed by atoms with van der Waals surface area (Å²) in [6.07, 6.45) is 0. The van der Waals surface area contributed by atoms with Crippen molar-refractivity contribution >= 4 is 51.0 Å². The second-order valence-electron chi connectivity index (χ2n) is 8.53. The quantitative estimate of drug-likeness (QED) is 0.404. The maximum absolute atomic E-state index is 12.9. The van der Waals surface area contributed by atoms with Gasteiger partial charge in [0.25, 0.3) is 0 Å². The van der Waals surface area contributed by atoms with Crippen LogP contribution < -0.4 is 10.6 Å². The highest BCUT2D eigenvalue weighted by molar-refractivity contribution is 9.10.